The molecule has 1 aromatic heterocycles. The monoisotopic (exact) mass is 363 g/mol. The third-order valence-corrected chi connectivity index (χ3v) is 6.77. The lowest BCUT2D eigenvalue weighted by Gasteiger charge is -2.50. The Balaban J connectivity index is 1.47. The maximum atomic E-state index is 12.5. The molecule has 2 saturated heterocycles. The Bertz CT molecular complexity index is 739. The minimum absolute atomic E-state index is 0.0597. The molecule has 0 bridgehead atoms. The summed E-state index contributed by atoms with van der Waals surface area (Å²) in [7, 11) is 0. The summed E-state index contributed by atoms with van der Waals surface area (Å²) in [6.07, 6.45) is 2.41. The van der Waals surface area contributed by atoms with Crippen LogP contribution in [0.25, 0.3) is 0 Å². The van der Waals surface area contributed by atoms with Crippen LogP contribution in [0.15, 0.2) is 11.7 Å². The first-order chi connectivity index (χ1) is 11.7. The lowest BCUT2D eigenvalue weighted by molar-refractivity contribution is -0.158. The van der Waals surface area contributed by atoms with Crippen LogP contribution in [-0.4, -0.2) is 63.9 Å². The molecular formula is C17H21N3O4S. The van der Waals surface area contributed by atoms with Crippen LogP contribution in [-0.2, 0) is 9.59 Å². The van der Waals surface area contributed by atoms with Crippen LogP contribution >= 0.6 is 11.3 Å². The van der Waals surface area contributed by atoms with Gasteiger partial charge in [-0.1, -0.05) is 13.8 Å². The van der Waals surface area contributed by atoms with Gasteiger partial charge < -0.3 is 14.9 Å². The average molecular weight is 363 g/mol. The van der Waals surface area contributed by atoms with Crippen LogP contribution in [0.1, 0.15) is 29.9 Å². The van der Waals surface area contributed by atoms with E-state index in [9.17, 15) is 19.5 Å². The number of carbonyl (C=O) groups is 3. The van der Waals surface area contributed by atoms with Gasteiger partial charge in [-0.3, -0.25) is 19.4 Å². The quantitative estimate of drug-likeness (QED) is 0.871. The lowest BCUT2D eigenvalue weighted by atomic mass is 9.71. The molecule has 4 rings (SSSR count). The molecule has 0 radical (unpaired) electrons. The van der Waals surface area contributed by atoms with Crippen molar-refractivity contribution in [1.82, 2.24) is 14.8 Å². The van der Waals surface area contributed by atoms with Gasteiger partial charge in [0.1, 0.15) is 4.88 Å². The molecule has 1 N–H and O–H groups in total. The van der Waals surface area contributed by atoms with E-state index < -0.39 is 17.3 Å². The van der Waals surface area contributed by atoms with Crippen LogP contribution in [0.3, 0.4) is 0 Å². The largest absolute Gasteiger partial charge is 0.481 e. The van der Waals surface area contributed by atoms with E-state index in [0.29, 0.717) is 24.5 Å². The maximum Gasteiger partial charge on any atom is 0.309 e. The topological polar surface area (TPSA) is 90.8 Å². The van der Waals surface area contributed by atoms with Crippen molar-refractivity contribution >= 4 is 29.1 Å². The van der Waals surface area contributed by atoms with E-state index in [2.05, 4.69) is 18.8 Å². The molecule has 1 aromatic rings. The summed E-state index contributed by atoms with van der Waals surface area (Å²) < 4.78 is 0. The average Bonchev–Trinajstić information content (AvgIpc) is 2.96. The number of hydrogen-bond acceptors (Lipinski definition) is 5. The highest BCUT2D eigenvalue weighted by Crippen LogP contribution is 2.54. The van der Waals surface area contributed by atoms with Gasteiger partial charge in [0.15, 0.2) is 0 Å². The number of amides is 2. The number of carbonyl (C=O) groups excluding carboxylic acids is 2. The Labute approximate surface area is 149 Å². The van der Waals surface area contributed by atoms with E-state index in [1.807, 2.05) is 0 Å². The molecule has 134 valence electrons. The highest BCUT2D eigenvalue weighted by atomic mass is 32.1. The molecule has 8 heteroatoms. The first-order valence-corrected chi connectivity index (χ1v) is 9.31. The summed E-state index contributed by atoms with van der Waals surface area (Å²) in [6, 6.07) is 0. The molecule has 1 saturated carbocycles. The van der Waals surface area contributed by atoms with Crippen molar-refractivity contribution < 1.29 is 19.5 Å². The van der Waals surface area contributed by atoms with Crippen molar-refractivity contribution in [3.8, 4) is 0 Å². The first-order valence-electron chi connectivity index (χ1n) is 8.43. The molecule has 3 fully saturated rings. The van der Waals surface area contributed by atoms with E-state index in [0.717, 1.165) is 6.42 Å². The lowest BCUT2D eigenvalue weighted by Crippen LogP contribution is -2.63. The summed E-state index contributed by atoms with van der Waals surface area (Å²) in [4.78, 5) is 44.6. The molecule has 3 heterocycles. The fraction of sp³-hybridized carbons (Fsp3) is 0.647. The first kappa shape index (κ1) is 16.5. The summed E-state index contributed by atoms with van der Waals surface area (Å²) in [6.45, 7) is 5.61. The Morgan fingerprint density at radius 1 is 1.20 bits per heavy atom. The van der Waals surface area contributed by atoms with Gasteiger partial charge in [-0.2, -0.15) is 0 Å². The smallest absolute Gasteiger partial charge is 0.309 e. The molecule has 25 heavy (non-hydrogen) atoms. The molecule has 2 aliphatic heterocycles. The molecule has 7 nitrogen and oxygen atoms in total. The molecule has 0 unspecified atom stereocenters. The van der Waals surface area contributed by atoms with Gasteiger partial charge in [0.05, 0.1) is 17.6 Å². The van der Waals surface area contributed by atoms with Crippen LogP contribution in [0.2, 0.25) is 0 Å². The second-order valence-corrected chi connectivity index (χ2v) is 9.13. The molecule has 3 aliphatic rings. The minimum Gasteiger partial charge on any atom is -0.481 e. The zero-order chi connectivity index (χ0) is 18.0. The number of rotatable bonds is 3. The van der Waals surface area contributed by atoms with Gasteiger partial charge >= 0.3 is 5.97 Å². The Morgan fingerprint density at radius 3 is 2.36 bits per heavy atom. The van der Waals surface area contributed by atoms with Crippen molar-refractivity contribution in [2.24, 2.45) is 22.7 Å². The number of likely N-dealkylation sites (tertiary alicyclic amines) is 2. The summed E-state index contributed by atoms with van der Waals surface area (Å²) >= 11 is 1.26. The van der Waals surface area contributed by atoms with E-state index in [4.69, 9.17) is 0 Å². The fourth-order valence-electron chi connectivity index (χ4n) is 4.24. The van der Waals surface area contributed by atoms with Gasteiger partial charge in [0, 0.05) is 37.5 Å². The van der Waals surface area contributed by atoms with E-state index in [1.165, 1.54) is 17.5 Å². The predicted octanol–water partition coefficient (Wildman–Crippen LogP) is 1.17. The molecule has 0 aromatic carbocycles. The van der Waals surface area contributed by atoms with Crippen molar-refractivity contribution in [3.05, 3.63) is 16.6 Å². The third-order valence-electron chi connectivity index (χ3n) is 6.01. The molecule has 1 spiro atoms. The van der Waals surface area contributed by atoms with Gasteiger partial charge in [-0.05, 0) is 11.8 Å². The van der Waals surface area contributed by atoms with Crippen LogP contribution in [0.4, 0.5) is 0 Å². The van der Waals surface area contributed by atoms with Crippen LogP contribution < -0.4 is 0 Å². The van der Waals surface area contributed by atoms with Crippen molar-refractivity contribution in [2.75, 3.05) is 26.2 Å². The highest BCUT2D eigenvalue weighted by Gasteiger charge is 2.62. The van der Waals surface area contributed by atoms with E-state index >= 15 is 0 Å². The minimum atomic E-state index is -0.890. The molecule has 1 aliphatic carbocycles. The van der Waals surface area contributed by atoms with Crippen LogP contribution in [0.5, 0.6) is 0 Å². The fourth-order valence-corrected chi connectivity index (χ4v) is 4.83. The molecule has 2 amide bonds. The number of hydrogen-bond donors (Lipinski definition) is 1. The summed E-state index contributed by atoms with van der Waals surface area (Å²) in [5.41, 5.74) is 1.14. The van der Waals surface area contributed by atoms with E-state index in [-0.39, 0.29) is 29.7 Å². The summed E-state index contributed by atoms with van der Waals surface area (Å²) in [5, 5.41) is 9.62. The second-order valence-electron chi connectivity index (χ2n) is 8.24. The normalized spacial score (nSPS) is 28.7. The van der Waals surface area contributed by atoms with Gasteiger partial charge in [0.2, 0.25) is 5.91 Å². The number of carboxylic acid groups (broad SMARTS) is 1. The van der Waals surface area contributed by atoms with E-state index in [1.54, 1.807) is 15.3 Å². The number of aliphatic carboxylic acids is 1. The standard InChI is InChI=1S/C17H21N3O4S/c1-16(2)3-10(16)13(21)20-7-17(8-20)6-19(5-11(17)15(23)24)14(22)12-4-18-9-25-12/h4,9-11H,3,5-8H2,1-2H3,(H,23,24)/t10-,11+/m1/s1. The van der Waals surface area contributed by atoms with Crippen molar-refractivity contribution in [1.29, 1.82) is 0 Å². The Hall–Kier alpha value is -1.96. The number of aromatic nitrogens is 1. The molecular weight excluding hydrogens is 342 g/mol. The second kappa shape index (κ2) is 5.27. The van der Waals surface area contributed by atoms with Crippen molar-refractivity contribution in [3.63, 3.8) is 0 Å². The van der Waals surface area contributed by atoms with Gasteiger partial charge in [-0.25, -0.2) is 0 Å². The zero-order valence-electron chi connectivity index (χ0n) is 14.3. The SMILES string of the molecule is CC1(C)C[C@@H]1C(=O)N1CC2(CN(C(=O)c3cncs3)C[C@H]2C(=O)O)C1. The van der Waals surface area contributed by atoms with Gasteiger partial charge in [-0.15, -0.1) is 11.3 Å². The number of carboxylic acids is 1. The third kappa shape index (κ3) is 2.54. The van der Waals surface area contributed by atoms with Crippen molar-refractivity contribution in [2.45, 2.75) is 20.3 Å². The summed E-state index contributed by atoms with van der Waals surface area (Å²) in [5.74, 6) is -1.49. The van der Waals surface area contributed by atoms with Crippen LogP contribution in [0, 0.1) is 22.7 Å². The predicted molar refractivity (Wildman–Crippen MR) is 90.0 cm³/mol. The Morgan fingerprint density at radius 2 is 1.84 bits per heavy atom. The highest BCUT2D eigenvalue weighted by molar-refractivity contribution is 7.11. The Kier molecular flexibility index (Phi) is 3.48. The zero-order valence-corrected chi connectivity index (χ0v) is 15.1. The van der Waals surface area contributed by atoms with Gasteiger partial charge in [0.25, 0.3) is 5.91 Å². The number of thiazole rings is 1. The maximum absolute atomic E-state index is 12.5. The molecule has 2 atom stereocenters. The number of nitrogens with zero attached hydrogens (tertiary/aromatic N) is 3.